The van der Waals surface area contributed by atoms with E-state index in [1.807, 2.05) is 4.90 Å². The molecule has 10 heteroatoms. The summed E-state index contributed by atoms with van der Waals surface area (Å²) in [6.07, 6.45) is -5.15. The summed E-state index contributed by atoms with van der Waals surface area (Å²) < 4.78 is 48.2. The summed E-state index contributed by atoms with van der Waals surface area (Å²) in [7, 11) is 0. The van der Waals surface area contributed by atoms with Crippen molar-refractivity contribution in [1.82, 2.24) is 20.4 Å². The third-order valence-electron chi connectivity index (χ3n) is 3.57. The lowest BCUT2D eigenvalue weighted by Gasteiger charge is -2.25. The van der Waals surface area contributed by atoms with Crippen molar-refractivity contribution >= 4 is 5.95 Å². The summed E-state index contributed by atoms with van der Waals surface area (Å²) in [5.41, 5.74) is 0.225. The van der Waals surface area contributed by atoms with Crippen molar-refractivity contribution in [2.24, 2.45) is 0 Å². The Morgan fingerprint density at radius 3 is 2.79 bits per heavy atom. The third kappa shape index (κ3) is 3.58. The van der Waals surface area contributed by atoms with E-state index in [0.29, 0.717) is 5.95 Å². The smallest absolute Gasteiger partial charge is 0.425 e. The molecule has 0 amide bonds. The van der Waals surface area contributed by atoms with Crippen LogP contribution in [-0.2, 0) is 0 Å². The van der Waals surface area contributed by atoms with Crippen molar-refractivity contribution in [3.8, 4) is 17.3 Å². The first kappa shape index (κ1) is 16.5. The molecule has 3 heterocycles. The zero-order valence-corrected chi connectivity index (χ0v) is 12.9. The topological polar surface area (TPSA) is 76.3 Å². The first-order chi connectivity index (χ1) is 11.4. The van der Waals surface area contributed by atoms with Gasteiger partial charge in [-0.3, -0.25) is 0 Å². The van der Waals surface area contributed by atoms with Crippen LogP contribution < -0.4 is 15.0 Å². The lowest BCUT2D eigenvalue weighted by atomic mass is 10.2. The van der Waals surface area contributed by atoms with Crippen LogP contribution in [0.2, 0.25) is 0 Å². The third-order valence-corrected chi connectivity index (χ3v) is 3.57. The van der Waals surface area contributed by atoms with Crippen LogP contribution in [0, 0.1) is 0 Å². The molecule has 1 saturated heterocycles. The van der Waals surface area contributed by atoms with E-state index >= 15 is 0 Å². The Morgan fingerprint density at radius 1 is 1.33 bits per heavy atom. The summed E-state index contributed by atoms with van der Waals surface area (Å²) in [5.74, 6) is 0.268. The van der Waals surface area contributed by atoms with Crippen molar-refractivity contribution < 1.29 is 22.4 Å². The number of pyridine rings is 1. The first-order valence-electron chi connectivity index (χ1n) is 7.43. The average molecular weight is 343 g/mol. The monoisotopic (exact) mass is 343 g/mol. The number of piperazine rings is 1. The minimum Gasteiger partial charge on any atom is -0.464 e. The maximum Gasteiger partial charge on any atom is 0.425 e. The van der Waals surface area contributed by atoms with E-state index in [1.54, 1.807) is 6.07 Å². The van der Waals surface area contributed by atoms with Crippen LogP contribution in [0.3, 0.4) is 0 Å². The molecule has 1 N–H and O–H groups in total. The average Bonchev–Trinajstić information content (AvgIpc) is 3.05. The quantitative estimate of drug-likeness (QED) is 0.908. The molecule has 1 aliphatic heterocycles. The SMILES string of the molecule is CC(Oc1ncccc1-c1nc(N2CCNCC2)no1)C(F)(F)F. The van der Waals surface area contributed by atoms with Crippen LogP contribution in [-0.4, -0.2) is 53.6 Å². The van der Waals surface area contributed by atoms with Crippen LogP contribution in [0.5, 0.6) is 5.88 Å². The van der Waals surface area contributed by atoms with E-state index in [-0.39, 0.29) is 17.3 Å². The second-order valence-electron chi connectivity index (χ2n) is 5.29. The molecule has 0 spiro atoms. The molecule has 2 aromatic rings. The van der Waals surface area contributed by atoms with E-state index in [9.17, 15) is 13.2 Å². The number of halogens is 3. The molecule has 3 rings (SSSR count). The van der Waals surface area contributed by atoms with Crippen LogP contribution in [0.15, 0.2) is 22.9 Å². The van der Waals surface area contributed by atoms with Crippen molar-refractivity contribution in [3.63, 3.8) is 0 Å². The minimum absolute atomic E-state index is 0.0704. The van der Waals surface area contributed by atoms with Crippen LogP contribution in [0.1, 0.15) is 6.92 Å². The van der Waals surface area contributed by atoms with E-state index in [1.165, 1.54) is 12.3 Å². The molecular weight excluding hydrogens is 327 g/mol. The van der Waals surface area contributed by atoms with Crippen LogP contribution in [0.4, 0.5) is 19.1 Å². The van der Waals surface area contributed by atoms with Gasteiger partial charge in [-0.2, -0.15) is 18.2 Å². The Bertz CT molecular complexity index is 685. The number of hydrogen-bond acceptors (Lipinski definition) is 7. The maximum atomic E-state index is 12.7. The highest BCUT2D eigenvalue weighted by Crippen LogP contribution is 2.31. The zero-order valence-electron chi connectivity index (χ0n) is 12.9. The molecule has 24 heavy (non-hydrogen) atoms. The van der Waals surface area contributed by atoms with Gasteiger partial charge in [-0.1, -0.05) is 0 Å². The van der Waals surface area contributed by atoms with Crippen LogP contribution in [0.25, 0.3) is 11.5 Å². The van der Waals surface area contributed by atoms with Gasteiger partial charge < -0.3 is 19.5 Å². The largest absolute Gasteiger partial charge is 0.464 e. The van der Waals surface area contributed by atoms with Gasteiger partial charge in [0, 0.05) is 32.4 Å². The molecule has 1 atom stereocenters. The van der Waals surface area contributed by atoms with Crippen LogP contribution >= 0.6 is 0 Å². The number of ether oxygens (including phenoxy) is 1. The van der Waals surface area contributed by atoms with Gasteiger partial charge in [0.1, 0.15) is 5.56 Å². The maximum absolute atomic E-state index is 12.7. The highest BCUT2D eigenvalue weighted by atomic mass is 19.4. The molecule has 130 valence electrons. The molecule has 2 aromatic heterocycles. The van der Waals surface area contributed by atoms with Crippen molar-refractivity contribution in [2.75, 3.05) is 31.1 Å². The van der Waals surface area contributed by atoms with Crippen molar-refractivity contribution in [1.29, 1.82) is 0 Å². The molecule has 1 fully saturated rings. The second-order valence-corrected chi connectivity index (χ2v) is 5.29. The second kappa shape index (κ2) is 6.63. The molecule has 0 bridgehead atoms. The highest BCUT2D eigenvalue weighted by Gasteiger charge is 2.39. The van der Waals surface area contributed by atoms with Gasteiger partial charge in [0.15, 0.2) is 6.10 Å². The summed E-state index contributed by atoms with van der Waals surface area (Å²) >= 11 is 0. The molecule has 0 aromatic carbocycles. The Labute approximate surface area is 135 Å². The molecule has 1 unspecified atom stereocenters. The fraction of sp³-hybridized carbons (Fsp3) is 0.500. The molecule has 0 aliphatic carbocycles. The highest BCUT2D eigenvalue weighted by molar-refractivity contribution is 5.60. The predicted molar refractivity (Wildman–Crippen MR) is 78.8 cm³/mol. The van der Waals surface area contributed by atoms with Crippen molar-refractivity contribution in [2.45, 2.75) is 19.2 Å². The number of nitrogens with one attached hydrogen (secondary N) is 1. The molecule has 0 radical (unpaired) electrons. The van der Waals surface area contributed by atoms with Gasteiger partial charge in [-0.05, 0) is 24.2 Å². The lowest BCUT2D eigenvalue weighted by molar-refractivity contribution is -0.189. The fourth-order valence-corrected chi connectivity index (χ4v) is 2.20. The van der Waals surface area contributed by atoms with E-state index in [2.05, 4.69) is 20.4 Å². The number of hydrogen-bond donors (Lipinski definition) is 1. The normalized spacial score (nSPS) is 16.9. The number of rotatable bonds is 4. The van der Waals surface area contributed by atoms with Gasteiger partial charge in [-0.25, -0.2) is 4.98 Å². The Morgan fingerprint density at radius 2 is 2.08 bits per heavy atom. The summed E-state index contributed by atoms with van der Waals surface area (Å²) in [4.78, 5) is 10.0. The Kier molecular flexibility index (Phi) is 4.56. The molecular formula is C14H16F3N5O2. The predicted octanol–water partition coefficient (Wildman–Crippen LogP) is 1.87. The first-order valence-corrected chi connectivity index (χ1v) is 7.43. The van der Waals surface area contributed by atoms with Gasteiger partial charge in [0.2, 0.25) is 5.88 Å². The van der Waals surface area contributed by atoms with E-state index in [4.69, 9.17) is 9.26 Å². The van der Waals surface area contributed by atoms with Crippen molar-refractivity contribution in [3.05, 3.63) is 18.3 Å². The fourth-order valence-electron chi connectivity index (χ4n) is 2.20. The Hall–Kier alpha value is -2.36. The van der Waals surface area contributed by atoms with Gasteiger partial charge in [-0.15, -0.1) is 0 Å². The minimum atomic E-state index is -4.49. The Balaban J connectivity index is 1.83. The molecule has 0 saturated carbocycles. The summed E-state index contributed by atoms with van der Waals surface area (Å²) in [6, 6.07) is 3.09. The summed E-state index contributed by atoms with van der Waals surface area (Å²) in [5, 5.41) is 7.10. The van der Waals surface area contributed by atoms with Gasteiger partial charge >= 0.3 is 6.18 Å². The number of alkyl halides is 3. The number of nitrogens with zero attached hydrogens (tertiary/aromatic N) is 4. The summed E-state index contributed by atoms with van der Waals surface area (Å²) in [6.45, 7) is 3.96. The number of anilines is 1. The standard InChI is InChI=1S/C14H16F3N5O2/c1-9(14(15,16)17)23-11-10(3-2-4-19-11)12-20-13(21-24-12)22-7-5-18-6-8-22/h2-4,9,18H,5-8H2,1H3. The zero-order chi connectivity index (χ0) is 17.2. The van der Waals surface area contributed by atoms with Gasteiger partial charge in [0.25, 0.3) is 11.8 Å². The lowest BCUT2D eigenvalue weighted by Crippen LogP contribution is -2.44. The van der Waals surface area contributed by atoms with Gasteiger partial charge in [0.05, 0.1) is 0 Å². The molecule has 1 aliphatic rings. The van der Waals surface area contributed by atoms with E-state index in [0.717, 1.165) is 33.1 Å². The number of aromatic nitrogens is 3. The van der Waals surface area contributed by atoms with E-state index < -0.39 is 12.3 Å². The molecule has 7 nitrogen and oxygen atoms in total.